The highest BCUT2D eigenvalue weighted by Crippen LogP contribution is 2.48. The molecule has 1 saturated carbocycles. The van der Waals surface area contributed by atoms with Crippen LogP contribution in [0.2, 0.25) is 0 Å². The molecule has 178 valence electrons. The van der Waals surface area contributed by atoms with Crippen LogP contribution in [0.5, 0.6) is 0 Å². The SMILES string of the molecule is CCCCC[C@@H](O)C=C[C@@H]1[C@H]2CC(CCCCC(=O)N(C(C)C)C(C)C)=C[C@H]2C[C@H]1O. The maximum Gasteiger partial charge on any atom is 0.223 e. The van der Waals surface area contributed by atoms with Gasteiger partial charge in [0, 0.05) is 24.4 Å². The number of hydrogen-bond donors (Lipinski definition) is 2. The second-order valence-electron chi connectivity index (χ2n) is 10.4. The molecule has 0 heterocycles. The van der Waals surface area contributed by atoms with Gasteiger partial charge in [0.15, 0.2) is 0 Å². The van der Waals surface area contributed by atoms with Crippen LogP contribution in [0.4, 0.5) is 0 Å². The zero-order valence-electron chi connectivity index (χ0n) is 20.6. The van der Waals surface area contributed by atoms with Crippen molar-refractivity contribution in [1.82, 2.24) is 4.90 Å². The second-order valence-corrected chi connectivity index (χ2v) is 10.4. The molecule has 2 aliphatic rings. The number of fused-ring (bicyclic) bond motifs is 1. The second kappa shape index (κ2) is 12.8. The molecule has 2 aliphatic carbocycles. The van der Waals surface area contributed by atoms with Crippen molar-refractivity contribution >= 4 is 5.91 Å². The Kier molecular flexibility index (Phi) is 10.8. The van der Waals surface area contributed by atoms with Crippen LogP contribution < -0.4 is 0 Å². The molecule has 0 spiro atoms. The largest absolute Gasteiger partial charge is 0.392 e. The standard InChI is InChI=1S/C27H47NO3/c1-6-7-8-12-23(29)14-15-24-25-17-21(16-22(25)18-26(24)30)11-9-10-13-27(31)28(19(2)3)20(4)5/h14-16,19-20,22-26,29-30H,6-13,17-18H2,1-5H3/t22-,23+,24+,25-,26+/m0/s1. The zero-order valence-corrected chi connectivity index (χ0v) is 20.6. The molecule has 0 radical (unpaired) electrons. The number of carbonyl (C=O) groups is 1. The molecule has 1 amide bonds. The van der Waals surface area contributed by atoms with Crippen molar-refractivity contribution in [3.05, 3.63) is 23.8 Å². The molecule has 1 fully saturated rings. The van der Waals surface area contributed by atoms with E-state index < -0.39 is 0 Å². The van der Waals surface area contributed by atoms with Gasteiger partial charge in [-0.05, 0) is 78.1 Å². The summed E-state index contributed by atoms with van der Waals surface area (Å²) >= 11 is 0. The fourth-order valence-electron chi connectivity index (χ4n) is 5.68. The van der Waals surface area contributed by atoms with Crippen LogP contribution in [0.25, 0.3) is 0 Å². The summed E-state index contributed by atoms with van der Waals surface area (Å²) in [6.07, 6.45) is 15.5. The minimum atomic E-state index is -0.389. The van der Waals surface area contributed by atoms with Crippen molar-refractivity contribution < 1.29 is 15.0 Å². The fourth-order valence-corrected chi connectivity index (χ4v) is 5.68. The first kappa shape index (κ1) is 26.1. The number of allylic oxidation sites excluding steroid dienone is 2. The van der Waals surface area contributed by atoms with E-state index in [0.717, 1.165) is 57.8 Å². The van der Waals surface area contributed by atoms with Gasteiger partial charge in [-0.15, -0.1) is 0 Å². The van der Waals surface area contributed by atoms with Crippen molar-refractivity contribution in [2.24, 2.45) is 17.8 Å². The van der Waals surface area contributed by atoms with Gasteiger partial charge in [0.05, 0.1) is 12.2 Å². The van der Waals surface area contributed by atoms with Crippen molar-refractivity contribution in [2.45, 2.75) is 123 Å². The average Bonchev–Trinajstić information content (AvgIpc) is 3.19. The van der Waals surface area contributed by atoms with E-state index in [1.807, 2.05) is 11.0 Å². The zero-order chi connectivity index (χ0) is 23.0. The average molecular weight is 434 g/mol. The molecular formula is C27H47NO3. The molecule has 2 rings (SSSR count). The van der Waals surface area contributed by atoms with Crippen LogP contribution in [0, 0.1) is 17.8 Å². The lowest BCUT2D eigenvalue weighted by molar-refractivity contribution is -0.134. The van der Waals surface area contributed by atoms with Crippen molar-refractivity contribution in [1.29, 1.82) is 0 Å². The van der Waals surface area contributed by atoms with Gasteiger partial charge in [0.25, 0.3) is 0 Å². The minimum absolute atomic E-state index is 0.159. The summed E-state index contributed by atoms with van der Waals surface area (Å²) in [6, 6.07) is 0.511. The summed E-state index contributed by atoms with van der Waals surface area (Å²) in [5, 5.41) is 20.7. The Hall–Kier alpha value is -1.13. The molecule has 0 aromatic rings. The Morgan fingerprint density at radius 2 is 1.87 bits per heavy atom. The predicted octanol–water partition coefficient (Wildman–Crippen LogP) is 5.63. The number of unbranched alkanes of at least 4 members (excludes halogenated alkanes) is 3. The Labute approximate surface area is 190 Å². The number of aliphatic hydroxyl groups is 2. The highest BCUT2D eigenvalue weighted by molar-refractivity contribution is 5.76. The van der Waals surface area contributed by atoms with Crippen molar-refractivity contribution in [2.75, 3.05) is 0 Å². The molecular weight excluding hydrogens is 386 g/mol. The number of rotatable bonds is 13. The van der Waals surface area contributed by atoms with Crippen molar-refractivity contribution in [3.8, 4) is 0 Å². The smallest absolute Gasteiger partial charge is 0.223 e. The number of carbonyl (C=O) groups excluding carboxylic acids is 1. The Balaban J connectivity index is 1.76. The lowest BCUT2D eigenvalue weighted by Crippen LogP contribution is -2.41. The molecule has 0 aromatic carbocycles. The number of amides is 1. The number of hydrogen-bond acceptors (Lipinski definition) is 3. The van der Waals surface area contributed by atoms with E-state index in [0.29, 0.717) is 18.3 Å². The molecule has 2 N–H and O–H groups in total. The van der Waals surface area contributed by atoms with Gasteiger partial charge in [-0.25, -0.2) is 0 Å². The normalized spacial score (nSPS) is 26.7. The van der Waals surface area contributed by atoms with Gasteiger partial charge < -0.3 is 15.1 Å². The van der Waals surface area contributed by atoms with E-state index in [9.17, 15) is 15.0 Å². The summed E-state index contributed by atoms with van der Waals surface area (Å²) in [7, 11) is 0. The summed E-state index contributed by atoms with van der Waals surface area (Å²) in [4.78, 5) is 14.5. The molecule has 0 aliphatic heterocycles. The monoisotopic (exact) mass is 433 g/mol. The third-order valence-corrected chi connectivity index (χ3v) is 7.15. The predicted molar refractivity (Wildman–Crippen MR) is 129 cm³/mol. The van der Waals surface area contributed by atoms with E-state index in [1.165, 1.54) is 5.57 Å². The van der Waals surface area contributed by atoms with Gasteiger partial charge in [-0.1, -0.05) is 50.0 Å². The van der Waals surface area contributed by atoms with Crippen LogP contribution in [-0.2, 0) is 4.79 Å². The molecule has 0 aromatic heterocycles. The first-order valence-electron chi connectivity index (χ1n) is 12.8. The van der Waals surface area contributed by atoms with Gasteiger partial charge >= 0.3 is 0 Å². The highest BCUT2D eigenvalue weighted by atomic mass is 16.3. The third kappa shape index (κ3) is 7.75. The third-order valence-electron chi connectivity index (χ3n) is 7.15. The van der Waals surface area contributed by atoms with Crippen LogP contribution in [0.3, 0.4) is 0 Å². The molecule has 5 atom stereocenters. The van der Waals surface area contributed by atoms with Crippen LogP contribution in [0.1, 0.15) is 98.8 Å². The summed E-state index contributed by atoms with van der Waals surface area (Å²) in [5.41, 5.74) is 1.50. The van der Waals surface area contributed by atoms with Crippen LogP contribution in [0.15, 0.2) is 23.8 Å². The molecule has 0 bridgehead atoms. The van der Waals surface area contributed by atoms with Gasteiger partial charge in [0.2, 0.25) is 5.91 Å². The van der Waals surface area contributed by atoms with Gasteiger partial charge in [-0.2, -0.15) is 0 Å². The van der Waals surface area contributed by atoms with Crippen LogP contribution >= 0.6 is 0 Å². The minimum Gasteiger partial charge on any atom is -0.392 e. The fraction of sp³-hybridized carbons (Fsp3) is 0.815. The molecule has 4 heteroatoms. The molecule has 0 saturated heterocycles. The highest BCUT2D eigenvalue weighted by Gasteiger charge is 2.43. The van der Waals surface area contributed by atoms with E-state index in [-0.39, 0.29) is 36.1 Å². The maximum absolute atomic E-state index is 12.5. The van der Waals surface area contributed by atoms with E-state index in [4.69, 9.17) is 0 Å². The Morgan fingerprint density at radius 3 is 2.52 bits per heavy atom. The summed E-state index contributed by atoms with van der Waals surface area (Å²) in [6.45, 7) is 10.5. The topological polar surface area (TPSA) is 60.8 Å². The summed E-state index contributed by atoms with van der Waals surface area (Å²) in [5.74, 6) is 1.37. The Bertz CT molecular complexity index is 602. The number of aliphatic hydroxyl groups excluding tert-OH is 2. The van der Waals surface area contributed by atoms with Crippen molar-refractivity contribution in [3.63, 3.8) is 0 Å². The maximum atomic E-state index is 12.5. The van der Waals surface area contributed by atoms with Crippen LogP contribution in [-0.4, -0.2) is 45.3 Å². The Morgan fingerprint density at radius 1 is 1.16 bits per heavy atom. The first-order valence-corrected chi connectivity index (χ1v) is 12.8. The number of nitrogens with zero attached hydrogens (tertiary/aromatic N) is 1. The molecule has 4 nitrogen and oxygen atoms in total. The first-order chi connectivity index (χ1) is 14.7. The molecule has 31 heavy (non-hydrogen) atoms. The lowest BCUT2D eigenvalue weighted by atomic mass is 9.88. The lowest BCUT2D eigenvalue weighted by Gasteiger charge is -2.30. The molecule has 0 unspecified atom stereocenters. The van der Waals surface area contributed by atoms with E-state index >= 15 is 0 Å². The van der Waals surface area contributed by atoms with Gasteiger partial charge in [-0.3, -0.25) is 4.79 Å². The quantitative estimate of drug-likeness (QED) is 0.292. The van der Waals surface area contributed by atoms with E-state index in [1.54, 1.807) is 0 Å². The van der Waals surface area contributed by atoms with E-state index in [2.05, 4.69) is 46.8 Å². The summed E-state index contributed by atoms with van der Waals surface area (Å²) < 4.78 is 0. The van der Waals surface area contributed by atoms with Gasteiger partial charge in [0.1, 0.15) is 0 Å².